The zero-order chi connectivity index (χ0) is 45.1. The van der Waals surface area contributed by atoms with Crippen LogP contribution in [-0.4, -0.2) is 77.8 Å². The fourth-order valence-corrected chi connectivity index (χ4v) is 9.56. The molecule has 3 aliphatic rings. The average molecular weight is 868 g/mol. The number of hydrogen-bond acceptors (Lipinski definition) is 12. The van der Waals surface area contributed by atoms with Gasteiger partial charge in [0.15, 0.2) is 0 Å². The highest BCUT2D eigenvalue weighted by molar-refractivity contribution is 6.22. The molecule has 16 nitrogen and oxygen atoms in total. The molecule has 0 aliphatic carbocycles. The van der Waals surface area contributed by atoms with E-state index in [1.807, 2.05) is 44.0 Å². The summed E-state index contributed by atoms with van der Waals surface area (Å²) in [5.74, 6) is -1.65. The maximum atomic E-state index is 13.9. The Morgan fingerprint density at radius 2 is 1.78 bits per heavy atom. The summed E-state index contributed by atoms with van der Waals surface area (Å²) in [6.45, 7) is 7.86. The van der Waals surface area contributed by atoms with Gasteiger partial charge in [0.1, 0.15) is 29.7 Å². The van der Waals surface area contributed by atoms with E-state index in [4.69, 9.17) is 25.6 Å². The highest BCUT2D eigenvalue weighted by Crippen LogP contribution is 2.40. The topological polar surface area (TPSA) is 227 Å². The lowest BCUT2D eigenvalue weighted by atomic mass is 9.93. The molecule has 3 aromatic carbocycles. The number of rotatable bonds is 10. The van der Waals surface area contributed by atoms with Gasteiger partial charge in [-0.05, 0) is 116 Å². The minimum absolute atomic E-state index is 0.0194. The van der Waals surface area contributed by atoms with Crippen molar-refractivity contribution in [1.29, 1.82) is 5.41 Å². The number of aryl methyl sites for hydroxylation is 2. The maximum Gasteiger partial charge on any atom is 0.352 e. The third-order valence-electron chi connectivity index (χ3n) is 13.0. The Morgan fingerprint density at radius 3 is 2.52 bits per heavy atom. The van der Waals surface area contributed by atoms with Crippen LogP contribution in [0.1, 0.15) is 85.4 Å². The SMILES string of the molecule is CCc1c2c(nc3ccc(O)cc13)-c1cc3c(c(=O)n1C2)COC(=O)[C@H]3OC(=O)CN1CCC(CCn2ccc3cc(N(C(=N)c4cc(C(C)C)c(O)cc4O)C(N)=O)ccc32)CC1. The van der Waals surface area contributed by atoms with Gasteiger partial charge in [-0.25, -0.2) is 19.5 Å². The Labute approximate surface area is 367 Å². The fourth-order valence-electron chi connectivity index (χ4n) is 9.56. The number of likely N-dealkylation sites (tertiary alicyclic amines) is 1. The van der Waals surface area contributed by atoms with Crippen molar-refractivity contribution in [2.45, 2.75) is 78.2 Å². The zero-order valence-electron chi connectivity index (χ0n) is 35.8. The molecule has 0 unspecified atom stereocenters. The molecule has 16 heteroatoms. The molecule has 64 heavy (non-hydrogen) atoms. The Hall–Kier alpha value is -7.20. The number of amides is 2. The van der Waals surface area contributed by atoms with E-state index in [-0.39, 0.29) is 65.4 Å². The van der Waals surface area contributed by atoms with Crippen LogP contribution in [0, 0.1) is 11.3 Å². The number of anilines is 1. The quantitative estimate of drug-likeness (QED) is 0.0564. The van der Waals surface area contributed by atoms with Crippen molar-refractivity contribution < 1.29 is 39.2 Å². The summed E-state index contributed by atoms with van der Waals surface area (Å²) < 4.78 is 14.9. The first-order chi connectivity index (χ1) is 30.7. The van der Waals surface area contributed by atoms with Gasteiger partial charge in [-0.1, -0.05) is 20.8 Å². The second-order valence-corrected chi connectivity index (χ2v) is 17.2. The lowest BCUT2D eigenvalue weighted by Gasteiger charge is -2.32. The van der Waals surface area contributed by atoms with Crippen LogP contribution in [0.15, 0.2) is 71.7 Å². The number of urea groups is 1. The summed E-state index contributed by atoms with van der Waals surface area (Å²) in [6, 6.07) is 15.8. The Kier molecular flexibility index (Phi) is 10.9. The summed E-state index contributed by atoms with van der Waals surface area (Å²) >= 11 is 0. The normalized spacial score (nSPS) is 16.1. The van der Waals surface area contributed by atoms with Crippen LogP contribution < -0.4 is 16.2 Å². The molecule has 0 radical (unpaired) electrons. The average Bonchev–Trinajstić information content (AvgIpc) is 3.84. The number of nitrogens with two attached hydrogens (primary N) is 1. The van der Waals surface area contributed by atoms with Crippen LogP contribution in [0.5, 0.6) is 17.2 Å². The number of primary amides is 1. The number of piperidine rings is 1. The first kappa shape index (κ1) is 42.1. The lowest BCUT2D eigenvalue weighted by Crippen LogP contribution is -2.41. The van der Waals surface area contributed by atoms with Crippen molar-refractivity contribution in [3.63, 3.8) is 0 Å². The van der Waals surface area contributed by atoms with Crippen LogP contribution in [0.4, 0.5) is 10.5 Å². The van der Waals surface area contributed by atoms with E-state index in [0.29, 0.717) is 59.1 Å². The summed E-state index contributed by atoms with van der Waals surface area (Å²) in [5, 5.41) is 41.6. The van der Waals surface area contributed by atoms with E-state index in [9.17, 15) is 34.5 Å². The van der Waals surface area contributed by atoms with Crippen molar-refractivity contribution in [1.82, 2.24) is 19.0 Å². The lowest BCUT2D eigenvalue weighted by molar-refractivity contribution is -0.172. The van der Waals surface area contributed by atoms with Crippen molar-refractivity contribution >= 4 is 51.3 Å². The van der Waals surface area contributed by atoms with E-state index in [0.717, 1.165) is 58.1 Å². The van der Waals surface area contributed by atoms with Crippen molar-refractivity contribution in [3.8, 4) is 28.6 Å². The molecule has 0 saturated carbocycles. The Bertz CT molecular complexity index is 2980. The second kappa shape index (κ2) is 16.5. The molecule has 9 rings (SSSR count). The molecule has 0 bridgehead atoms. The standard InChI is InChI=1S/C48H49N7O9/c1-4-30-32-18-29(56)6-7-37(32)51-43-35(30)22-54-39(43)20-33-36(46(54)60)24-63-47(61)44(33)64-42(59)23-52-13-9-26(10-14-52)11-15-53-16-12-27-17-28(5-8-38(27)53)55(48(50)62)45(49)34-19-31(25(2)3)40(57)21-41(34)58/h5-8,12,16-21,25-26,44,49,56-58H,4,9-11,13-15,22-24H2,1-3H3,(H2,50,62)/t44-/m0/s1. The number of pyridine rings is 2. The van der Waals surface area contributed by atoms with Gasteiger partial charge in [0, 0.05) is 46.2 Å². The molecule has 1 fully saturated rings. The number of phenolic OH excluding ortho intramolecular Hbond substituents is 3. The van der Waals surface area contributed by atoms with Gasteiger partial charge in [-0.2, -0.15) is 0 Å². The number of fused-ring (bicyclic) bond motifs is 6. The third-order valence-corrected chi connectivity index (χ3v) is 13.0. The monoisotopic (exact) mass is 867 g/mol. The van der Waals surface area contributed by atoms with Crippen molar-refractivity contribution in [2.75, 3.05) is 24.5 Å². The Morgan fingerprint density at radius 1 is 1.00 bits per heavy atom. The van der Waals surface area contributed by atoms with Crippen LogP contribution in [-0.2, 0) is 45.2 Å². The summed E-state index contributed by atoms with van der Waals surface area (Å²) in [5.41, 5.74) is 11.6. The van der Waals surface area contributed by atoms with Gasteiger partial charge in [0.2, 0.25) is 6.10 Å². The van der Waals surface area contributed by atoms with Crippen LogP contribution in [0.3, 0.4) is 0 Å². The number of esters is 2. The van der Waals surface area contributed by atoms with Gasteiger partial charge in [0.25, 0.3) is 5.56 Å². The second-order valence-electron chi connectivity index (χ2n) is 17.2. The van der Waals surface area contributed by atoms with Crippen molar-refractivity contribution in [2.24, 2.45) is 11.7 Å². The third kappa shape index (κ3) is 7.46. The number of phenols is 3. The van der Waals surface area contributed by atoms with Gasteiger partial charge in [-0.15, -0.1) is 0 Å². The number of aromatic hydroxyl groups is 3. The van der Waals surface area contributed by atoms with Gasteiger partial charge in [-0.3, -0.25) is 19.9 Å². The largest absolute Gasteiger partial charge is 0.508 e. The first-order valence-electron chi connectivity index (χ1n) is 21.5. The maximum absolute atomic E-state index is 13.9. The molecule has 1 saturated heterocycles. The molecular weight excluding hydrogens is 819 g/mol. The van der Waals surface area contributed by atoms with Gasteiger partial charge < -0.3 is 39.7 Å². The number of nitrogens with zero attached hydrogens (tertiary/aromatic N) is 5. The van der Waals surface area contributed by atoms with Crippen LogP contribution >= 0.6 is 0 Å². The predicted octanol–water partition coefficient (Wildman–Crippen LogP) is 6.54. The molecule has 0 spiro atoms. The minimum atomic E-state index is -1.39. The molecule has 6 aromatic rings. The number of cyclic esters (lactones) is 1. The van der Waals surface area contributed by atoms with E-state index >= 15 is 0 Å². The summed E-state index contributed by atoms with van der Waals surface area (Å²) in [7, 11) is 0. The molecular formula is C48H49N7O9. The molecule has 6 N–H and O–H groups in total. The number of hydrogen-bond donors (Lipinski definition) is 5. The number of benzene rings is 3. The number of aromatic nitrogens is 3. The fraction of sp³-hybridized carbons (Fsp3) is 0.333. The first-order valence-corrected chi connectivity index (χ1v) is 21.5. The molecule has 2 amide bonds. The summed E-state index contributed by atoms with van der Waals surface area (Å²) in [6.07, 6.45) is 3.84. The highest BCUT2D eigenvalue weighted by Gasteiger charge is 2.38. The smallest absolute Gasteiger partial charge is 0.352 e. The van der Waals surface area contributed by atoms with Gasteiger partial charge >= 0.3 is 18.0 Å². The Balaban J connectivity index is 0.827. The molecule has 330 valence electrons. The highest BCUT2D eigenvalue weighted by atomic mass is 16.6. The minimum Gasteiger partial charge on any atom is -0.508 e. The van der Waals surface area contributed by atoms with E-state index in [1.165, 1.54) is 12.1 Å². The molecule has 1 atom stereocenters. The van der Waals surface area contributed by atoms with E-state index in [2.05, 4.69) is 4.57 Å². The van der Waals surface area contributed by atoms with Crippen LogP contribution in [0.25, 0.3) is 33.2 Å². The van der Waals surface area contributed by atoms with Gasteiger partial charge in [0.05, 0.1) is 46.8 Å². The molecule has 6 heterocycles. The zero-order valence-corrected chi connectivity index (χ0v) is 35.8. The van der Waals surface area contributed by atoms with E-state index < -0.39 is 24.1 Å². The number of carbonyl (C=O) groups excluding carboxylic acids is 3. The number of ether oxygens (including phenoxy) is 2. The molecule has 3 aromatic heterocycles. The summed E-state index contributed by atoms with van der Waals surface area (Å²) in [4.78, 5) is 61.0. The number of nitrogens with one attached hydrogen (secondary N) is 1. The number of carbonyl (C=O) groups is 3. The van der Waals surface area contributed by atoms with E-state index in [1.54, 1.807) is 41.0 Å². The van der Waals surface area contributed by atoms with Crippen LogP contribution in [0.2, 0.25) is 0 Å². The van der Waals surface area contributed by atoms with Crippen molar-refractivity contribution in [3.05, 3.63) is 111 Å². The number of amidine groups is 1. The predicted molar refractivity (Wildman–Crippen MR) is 239 cm³/mol. The molecule has 3 aliphatic heterocycles.